The number of thioether (sulfide) groups is 1. The molecule has 0 aliphatic rings. The lowest BCUT2D eigenvalue weighted by Crippen LogP contribution is -2.21. The Morgan fingerprint density at radius 3 is 2.83 bits per heavy atom. The van der Waals surface area contributed by atoms with Crippen LogP contribution in [-0.4, -0.2) is 27.8 Å². The molecule has 1 heterocycles. The second kappa shape index (κ2) is 6.36. The van der Waals surface area contributed by atoms with Gasteiger partial charge in [0.25, 0.3) is 0 Å². The van der Waals surface area contributed by atoms with Crippen LogP contribution < -0.4 is 5.32 Å². The fourth-order valence-electron chi connectivity index (χ4n) is 1.66. The van der Waals surface area contributed by atoms with E-state index in [9.17, 15) is 0 Å². The van der Waals surface area contributed by atoms with E-state index in [0.29, 0.717) is 0 Å². The summed E-state index contributed by atoms with van der Waals surface area (Å²) in [4.78, 5) is 1.24. The Hall–Kier alpha value is -0.850. The van der Waals surface area contributed by atoms with Crippen molar-refractivity contribution in [2.45, 2.75) is 10.9 Å². The molecule has 0 saturated carbocycles. The van der Waals surface area contributed by atoms with Crippen molar-refractivity contribution in [2.75, 3.05) is 12.8 Å². The highest BCUT2D eigenvalue weighted by atomic mass is 79.9. The van der Waals surface area contributed by atoms with Crippen molar-refractivity contribution in [3.63, 3.8) is 0 Å². The summed E-state index contributed by atoms with van der Waals surface area (Å²) in [6.07, 6.45) is 1.81. The third-order valence-electron chi connectivity index (χ3n) is 2.70. The van der Waals surface area contributed by atoms with E-state index >= 15 is 0 Å². The standard InChI is InChI=1S/C12H15BrN4S/c1-14-10(11-7-15-16-17(11)2)8-18-12-6-4-3-5-9(12)13/h3-7,10,14H,8H2,1-2H3. The van der Waals surface area contributed by atoms with Crippen molar-refractivity contribution < 1.29 is 0 Å². The average Bonchev–Trinajstić information content (AvgIpc) is 2.79. The summed E-state index contributed by atoms with van der Waals surface area (Å²) in [5.74, 6) is 0.931. The maximum absolute atomic E-state index is 3.97. The first kappa shape index (κ1) is 13.6. The lowest BCUT2D eigenvalue weighted by molar-refractivity contribution is 0.580. The molecule has 1 atom stereocenters. The number of benzene rings is 1. The first-order valence-corrected chi connectivity index (χ1v) is 7.39. The van der Waals surface area contributed by atoms with Gasteiger partial charge in [0.2, 0.25) is 0 Å². The fourth-order valence-corrected chi connectivity index (χ4v) is 3.36. The van der Waals surface area contributed by atoms with Crippen LogP contribution in [0, 0.1) is 0 Å². The van der Waals surface area contributed by atoms with Crippen LogP contribution in [0.4, 0.5) is 0 Å². The van der Waals surface area contributed by atoms with E-state index in [1.165, 1.54) is 4.90 Å². The van der Waals surface area contributed by atoms with Crippen LogP contribution >= 0.6 is 27.7 Å². The molecule has 0 aliphatic carbocycles. The Labute approximate surface area is 119 Å². The van der Waals surface area contributed by atoms with E-state index in [0.717, 1.165) is 15.9 Å². The molecule has 1 N–H and O–H groups in total. The Morgan fingerprint density at radius 1 is 1.44 bits per heavy atom. The van der Waals surface area contributed by atoms with Crippen LogP contribution in [-0.2, 0) is 7.05 Å². The van der Waals surface area contributed by atoms with Gasteiger partial charge in [-0.25, -0.2) is 0 Å². The normalized spacial score (nSPS) is 12.6. The van der Waals surface area contributed by atoms with Gasteiger partial charge in [-0.2, -0.15) is 0 Å². The Morgan fingerprint density at radius 2 is 2.22 bits per heavy atom. The highest BCUT2D eigenvalue weighted by molar-refractivity contribution is 9.10. The topological polar surface area (TPSA) is 42.7 Å². The second-order valence-electron chi connectivity index (χ2n) is 3.87. The lowest BCUT2D eigenvalue weighted by Gasteiger charge is -2.15. The molecule has 1 aromatic heterocycles. The third-order valence-corrected chi connectivity index (χ3v) is 4.82. The molecule has 0 saturated heterocycles. The van der Waals surface area contributed by atoms with Crippen molar-refractivity contribution in [3.05, 3.63) is 40.6 Å². The van der Waals surface area contributed by atoms with E-state index in [2.05, 4.69) is 43.7 Å². The predicted molar refractivity (Wildman–Crippen MR) is 77.7 cm³/mol. The summed E-state index contributed by atoms with van der Waals surface area (Å²) in [6, 6.07) is 8.48. The molecule has 1 aromatic carbocycles. The number of hydrogen-bond acceptors (Lipinski definition) is 4. The molecule has 2 rings (SSSR count). The van der Waals surface area contributed by atoms with Crippen molar-refractivity contribution in [2.24, 2.45) is 7.05 Å². The van der Waals surface area contributed by atoms with Crippen LogP contribution in [0.3, 0.4) is 0 Å². The molecular formula is C12H15BrN4S. The van der Waals surface area contributed by atoms with Crippen LogP contribution in [0.2, 0.25) is 0 Å². The van der Waals surface area contributed by atoms with Crippen LogP contribution in [0.15, 0.2) is 39.8 Å². The zero-order chi connectivity index (χ0) is 13.0. The van der Waals surface area contributed by atoms with Gasteiger partial charge >= 0.3 is 0 Å². The molecule has 6 heteroatoms. The maximum atomic E-state index is 3.97. The zero-order valence-corrected chi connectivity index (χ0v) is 12.7. The quantitative estimate of drug-likeness (QED) is 0.858. The van der Waals surface area contributed by atoms with Gasteiger partial charge in [-0.05, 0) is 35.1 Å². The molecule has 2 aromatic rings. The highest BCUT2D eigenvalue weighted by Crippen LogP contribution is 2.29. The summed E-state index contributed by atoms with van der Waals surface area (Å²) in [6.45, 7) is 0. The molecular weight excluding hydrogens is 312 g/mol. The largest absolute Gasteiger partial charge is 0.311 e. The average molecular weight is 327 g/mol. The van der Waals surface area contributed by atoms with Gasteiger partial charge in [0.1, 0.15) is 0 Å². The smallest absolute Gasteiger partial charge is 0.0761 e. The first-order valence-electron chi connectivity index (χ1n) is 5.61. The molecule has 0 aliphatic heterocycles. The fraction of sp³-hybridized carbons (Fsp3) is 0.333. The van der Waals surface area contributed by atoms with Crippen molar-refractivity contribution in [1.82, 2.24) is 20.3 Å². The molecule has 0 bridgehead atoms. The van der Waals surface area contributed by atoms with Crippen molar-refractivity contribution >= 4 is 27.7 Å². The van der Waals surface area contributed by atoms with Gasteiger partial charge in [-0.1, -0.05) is 17.3 Å². The van der Waals surface area contributed by atoms with Gasteiger partial charge in [-0.15, -0.1) is 16.9 Å². The third kappa shape index (κ3) is 3.13. The van der Waals surface area contributed by atoms with Gasteiger partial charge in [0.05, 0.1) is 17.9 Å². The van der Waals surface area contributed by atoms with Gasteiger partial charge < -0.3 is 5.32 Å². The summed E-state index contributed by atoms with van der Waals surface area (Å²) in [7, 11) is 3.87. The molecule has 18 heavy (non-hydrogen) atoms. The van der Waals surface area contributed by atoms with Crippen LogP contribution in [0.1, 0.15) is 11.7 Å². The number of aromatic nitrogens is 3. The van der Waals surface area contributed by atoms with E-state index in [-0.39, 0.29) is 6.04 Å². The number of rotatable bonds is 5. The van der Waals surface area contributed by atoms with Crippen LogP contribution in [0.5, 0.6) is 0 Å². The molecule has 0 radical (unpaired) electrons. The Kier molecular flexibility index (Phi) is 4.79. The van der Waals surface area contributed by atoms with Crippen molar-refractivity contribution in [1.29, 1.82) is 0 Å². The number of nitrogens with zero attached hydrogens (tertiary/aromatic N) is 3. The molecule has 0 spiro atoms. The summed E-state index contributed by atoms with van der Waals surface area (Å²) in [5, 5.41) is 11.2. The Bertz CT molecular complexity index is 514. The lowest BCUT2D eigenvalue weighted by atomic mass is 10.2. The number of halogens is 1. The van der Waals surface area contributed by atoms with E-state index in [4.69, 9.17) is 0 Å². The molecule has 96 valence electrons. The predicted octanol–water partition coefficient (Wildman–Crippen LogP) is 2.63. The monoisotopic (exact) mass is 326 g/mol. The van der Waals surface area contributed by atoms with Gasteiger partial charge in [0, 0.05) is 22.2 Å². The Balaban J connectivity index is 2.05. The number of hydrogen-bond donors (Lipinski definition) is 1. The van der Waals surface area contributed by atoms with E-state index in [1.807, 2.05) is 48.9 Å². The number of aryl methyl sites for hydroxylation is 1. The zero-order valence-electron chi connectivity index (χ0n) is 10.3. The van der Waals surface area contributed by atoms with Gasteiger partial charge in [0.15, 0.2) is 0 Å². The molecule has 4 nitrogen and oxygen atoms in total. The van der Waals surface area contributed by atoms with Gasteiger partial charge in [-0.3, -0.25) is 4.68 Å². The molecule has 1 unspecified atom stereocenters. The SMILES string of the molecule is CNC(CSc1ccccc1Br)c1cnnn1C. The summed E-state index contributed by atoms with van der Waals surface area (Å²) in [5.41, 5.74) is 1.09. The molecule has 0 fully saturated rings. The van der Waals surface area contributed by atoms with E-state index < -0.39 is 0 Å². The highest BCUT2D eigenvalue weighted by Gasteiger charge is 2.14. The minimum absolute atomic E-state index is 0.238. The number of nitrogens with one attached hydrogen (secondary N) is 1. The first-order chi connectivity index (χ1) is 8.72. The summed E-state index contributed by atoms with van der Waals surface area (Å²) < 4.78 is 2.94. The minimum atomic E-state index is 0.238. The minimum Gasteiger partial charge on any atom is -0.311 e. The summed E-state index contributed by atoms with van der Waals surface area (Å²) >= 11 is 5.37. The second-order valence-corrected chi connectivity index (χ2v) is 5.78. The molecule has 0 amide bonds. The van der Waals surface area contributed by atoms with E-state index in [1.54, 1.807) is 0 Å². The maximum Gasteiger partial charge on any atom is 0.0761 e. The van der Waals surface area contributed by atoms with Crippen LogP contribution in [0.25, 0.3) is 0 Å². The van der Waals surface area contributed by atoms with Crippen molar-refractivity contribution in [3.8, 4) is 0 Å².